The number of halogens is 1. The molecule has 1 aliphatic heterocycles. The molecule has 8 heteroatoms. The molecule has 1 saturated heterocycles. The number of esters is 1. The van der Waals surface area contributed by atoms with Crippen LogP contribution in [-0.2, 0) is 14.3 Å². The van der Waals surface area contributed by atoms with Crippen molar-refractivity contribution < 1.29 is 14.3 Å². The maximum absolute atomic E-state index is 11.1. The van der Waals surface area contributed by atoms with Gasteiger partial charge in [0.15, 0.2) is 5.96 Å². The van der Waals surface area contributed by atoms with Gasteiger partial charge in [0.2, 0.25) is 0 Å². The molecular formula is C19H39IN4O3. The lowest BCUT2D eigenvalue weighted by Gasteiger charge is -2.34. The molecule has 7 nitrogen and oxygen atoms in total. The van der Waals surface area contributed by atoms with Gasteiger partial charge in [-0.2, -0.15) is 0 Å². The third-order valence-electron chi connectivity index (χ3n) is 4.44. The van der Waals surface area contributed by atoms with E-state index in [9.17, 15) is 4.79 Å². The van der Waals surface area contributed by atoms with E-state index in [0.717, 1.165) is 71.2 Å². The van der Waals surface area contributed by atoms with Gasteiger partial charge >= 0.3 is 5.97 Å². The van der Waals surface area contributed by atoms with Gasteiger partial charge in [0, 0.05) is 38.6 Å². The molecule has 160 valence electrons. The quantitative estimate of drug-likeness (QED) is 0.150. The molecule has 0 radical (unpaired) electrons. The van der Waals surface area contributed by atoms with Gasteiger partial charge in [-0.05, 0) is 32.1 Å². The molecule has 0 saturated carbocycles. The van der Waals surface area contributed by atoms with E-state index in [1.54, 1.807) is 0 Å². The Hall–Kier alpha value is -0.610. The zero-order valence-electron chi connectivity index (χ0n) is 17.5. The van der Waals surface area contributed by atoms with E-state index < -0.39 is 0 Å². The van der Waals surface area contributed by atoms with Gasteiger partial charge in [-0.3, -0.25) is 14.7 Å². The van der Waals surface area contributed by atoms with Gasteiger partial charge in [0.05, 0.1) is 26.9 Å². The first-order chi connectivity index (χ1) is 12.6. The van der Waals surface area contributed by atoms with Crippen LogP contribution in [0.3, 0.4) is 0 Å². The van der Waals surface area contributed by atoms with Crippen molar-refractivity contribution in [2.75, 3.05) is 53.0 Å². The summed E-state index contributed by atoms with van der Waals surface area (Å²) >= 11 is 0. The summed E-state index contributed by atoms with van der Waals surface area (Å²) in [6, 6.07) is 0.452. The number of nitrogens with zero attached hydrogens (tertiary/aromatic N) is 2. The van der Waals surface area contributed by atoms with Crippen LogP contribution in [0.5, 0.6) is 0 Å². The molecule has 2 N–H and O–H groups in total. The highest BCUT2D eigenvalue weighted by molar-refractivity contribution is 14.0. The predicted octanol–water partition coefficient (Wildman–Crippen LogP) is 2.25. The number of rotatable bonds is 11. The number of guanidine groups is 1. The Morgan fingerprint density at radius 1 is 1.22 bits per heavy atom. The molecule has 0 bridgehead atoms. The molecule has 27 heavy (non-hydrogen) atoms. The third kappa shape index (κ3) is 12.5. The van der Waals surface area contributed by atoms with Crippen LogP contribution in [0.4, 0.5) is 0 Å². The lowest BCUT2D eigenvalue weighted by molar-refractivity contribution is -0.140. The normalized spacial score (nSPS) is 16.6. The summed E-state index contributed by atoms with van der Waals surface area (Å²) in [5.74, 6) is 1.35. The molecule has 0 amide bonds. The van der Waals surface area contributed by atoms with Crippen molar-refractivity contribution in [2.45, 2.75) is 52.5 Å². The maximum Gasteiger partial charge on any atom is 0.305 e. The molecule has 0 aromatic rings. The number of hydrogen-bond acceptors (Lipinski definition) is 5. The Labute approximate surface area is 182 Å². The average Bonchev–Trinajstić information content (AvgIpc) is 2.64. The van der Waals surface area contributed by atoms with E-state index in [1.165, 1.54) is 7.11 Å². The average molecular weight is 498 g/mol. The smallest absolute Gasteiger partial charge is 0.305 e. The van der Waals surface area contributed by atoms with E-state index in [0.29, 0.717) is 18.4 Å². The van der Waals surface area contributed by atoms with Crippen molar-refractivity contribution in [3.05, 3.63) is 0 Å². The number of carbonyl (C=O) groups excluding carboxylic acids is 1. The molecule has 1 heterocycles. The molecule has 1 rings (SSSR count). The van der Waals surface area contributed by atoms with Crippen molar-refractivity contribution in [3.8, 4) is 0 Å². The summed E-state index contributed by atoms with van der Waals surface area (Å²) in [6.07, 6.45) is 3.35. The molecular weight excluding hydrogens is 459 g/mol. The van der Waals surface area contributed by atoms with E-state index in [-0.39, 0.29) is 29.9 Å². The first-order valence-electron chi connectivity index (χ1n) is 9.97. The highest BCUT2D eigenvalue weighted by Gasteiger charge is 2.21. The van der Waals surface area contributed by atoms with Crippen molar-refractivity contribution in [1.82, 2.24) is 15.5 Å². The van der Waals surface area contributed by atoms with E-state index in [4.69, 9.17) is 9.73 Å². The number of aliphatic imine (C=N–C) groups is 1. The zero-order valence-corrected chi connectivity index (χ0v) is 19.8. The summed E-state index contributed by atoms with van der Waals surface area (Å²) in [5.41, 5.74) is 0. The standard InChI is InChI=1S/C19H38N4O3.HI/c1-5-20-19(21-9-7-6-8-18(24)25-4)22-15-17(14-16(2)3)23-10-12-26-13-11-23;/h16-17H,5-15H2,1-4H3,(H2,20,21,22);1H. The minimum absolute atomic E-state index is 0. The van der Waals surface area contributed by atoms with Crippen LogP contribution >= 0.6 is 24.0 Å². The molecule has 0 spiro atoms. The highest BCUT2D eigenvalue weighted by atomic mass is 127. The third-order valence-corrected chi connectivity index (χ3v) is 4.44. The first-order valence-corrected chi connectivity index (χ1v) is 9.97. The molecule has 1 unspecified atom stereocenters. The second kappa shape index (κ2) is 16.4. The second-order valence-corrected chi connectivity index (χ2v) is 7.11. The summed E-state index contributed by atoms with van der Waals surface area (Å²) in [6.45, 7) is 12.6. The molecule has 0 aromatic carbocycles. The summed E-state index contributed by atoms with van der Waals surface area (Å²) in [4.78, 5) is 18.5. The molecule has 0 aromatic heterocycles. The Morgan fingerprint density at radius 3 is 2.52 bits per heavy atom. The Balaban J connectivity index is 0.00000676. The minimum atomic E-state index is -0.146. The van der Waals surface area contributed by atoms with Crippen LogP contribution < -0.4 is 10.6 Å². The summed E-state index contributed by atoms with van der Waals surface area (Å²) in [7, 11) is 1.43. The number of unbranched alkanes of at least 4 members (excludes halogenated alkanes) is 1. The SMILES string of the molecule is CCNC(=NCC(CC(C)C)N1CCOCC1)NCCCCC(=O)OC.I. The zero-order chi connectivity index (χ0) is 19.2. The molecule has 1 atom stereocenters. The van der Waals surface area contributed by atoms with Crippen molar-refractivity contribution in [3.63, 3.8) is 0 Å². The minimum Gasteiger partial charge on any atom is -0.469 e. The number of carbonyl (C=O) groups is 1. The topological polar surface area (TPSA) is 75.2 Å². The van der Waals surface area contributed by atoms with Gasteiger partial charge in [0.1, 0.15) is 0 Å². The van der Waals surface area contributed by atoms with Crippen LogP contribution in [0.2, 0.25) is 0 Å². The predicted molar refractivity (Wildman–Crippen MR) is 121 cm³/mol. The number of hydrogen-bond donors (Lipinski definition) is 2. The fourth-order valence-corrected chi connectivity index (χ4v) is 3.07. The Kier molecular flexibility index (Phi) is 16.0. The van der Waals surface area contributed by atoms with Gasteiger partial charge in [0.25, 0.3) is 0 Å². The summed E-state index contributed by atoms with van der Waals surface area (Å²) in [5, 5.41) is 6.68. The molecule has 0 aliphatic carbocycles. The number of methoxy groups -OCH3 is 1. The fourth-order valence-electron chi connectivity index (χ4n) is 3.07. The van der Waals surface area contributed by atoms with Gasteiger partial charge in [-0.1, -0.05) is 13.8 Å². The second-order valence-electron chi connectivity index (χ2n) is 7.11. The largest absolute Gasteiger partial charge is 0.469 e. The first kappa shape index (κ1) is 26.4. The Morgan fingerprint density at radius 2 is 1.93 bits per heavy atom. The van der Waals surface area contributed by atoms with Crippen LogP contribution in [0.1, 0.15) is 46.5 Å². The van der Waals surface area contributed by atoms with E-state index in [1.807, 2.05) is 0 Å². The monoisotopic (exact) mass is 498 g/mol. The van der Waals surface area contributed by atoms with Crippen molar-refractivity contribution >= 4 is 35.9 Å². The lowest BCUT2D eigenvalue weighted by Crippen LogP contribution is -2.46. The fraction of sp³-hybridized carbons (Fsp3) is 0.895. The van der Waals surface area contributed by atoms with Crippen LogP contribution in [0, 0.1) is 5.92 Å². The van der Waals surface area contributed by atoms with E-state index in [2.05, 4.69) is 41.0 Å². The van der Waals surface area contributed by atoms with Crippen LogP contribution in [-0.4, -0.2) is 75.9 Å². The van der Waals surface area contributed by atoms with Crippen molar-refractivity contribution in [1.29, 1.82) is 0 Å². The van der Waals surface area contributed by atoms with Gasteiger partial charge in [-0.25, -0.2) is 0 Å². The van der Waals surface area contributed by atoms with E-state index >= 15 is 0 Å². The Bertz CT molecular complexity index is 416. The lowest BCUT2D eigenvalue weighted by atomic mass is 10.0. The van der Waals surface area contributed by atoms with Crippen LogP contribution in [0.15, 0.2) is 4.99 Å². The number of morpholine rings is 1. The molecule has 1 fully saturated rings. The van der Waals surface area contributed by atoms with Gasteiger partial charge < -0.3 is 20.1 Å². The maximum atomic E-state index is 11.1. The number of nitrogens with one attached hydrogen (secondary N) is 2. The number of ether oxygens (including phenoxy) is 2. The van der Waals surface area contributed by atoms with Gasteiger partial charge in [-0.15, -0.1) is 24.0 Å². The van der Waals surface area contributed by atoms with Crippen molar-refractivity contribution in [2.24, 2.45) is 10.9 Å². The molecule has 1 aliphatic rings. The van der Waals surface area contributed by atoms with Crippen LogP contribution in [0.25, 0.3) is 0 Å². The highest BCUT2D eigenvalue weighted by Crippen LogP contribution is 2.14. The summed E-state index contributed by atoms with van der Waals surface area (Å²) < 4.78 is 10.1.